The van der Waals surface area contributed by atoms with Gasteiger partial charge in [-0.05, 0) is 38.6 Å². The van der Waals surface area contributed by atoms with Gasteiger partial charge in [-0.3, -0.25) is 9.59 Å². The van der Waals surface area contributed by atoms with Gasteiger partial charge in [0.15, 0.2) is 0 Å². The second-order valence-corrected chi connectivity index (χ2v) is 8.14. The summed E-state index contributed by atoms with van der Waals surface area (Å²) in [5.41, 5.74) is 9.97. The van der Waals surface area contributed by atoms with Crippen LogP contribution in [-0.2, 0) is 9.59 Å². The highest BCUT2D eigenvalue weighted by Crippen LogP contribution is 2.12. The Labute approximate surface area is 193 Å². The zero-order chi connectivity index (χ0) is 24.0. The fourth-order valence-electron chi connectivity index (χ4n) is 3.08. The van der Waals surface area contributed by atoms with Crippen LogP contribution >= 0.6 is 0 Å². The Hall–Kier alpha value is -1.36. The first-order valence-corrected chi connectivity index (χ1v) is 12.7. The van der Waals surface area contributed by atoms with Crippen LogP contribution < -0.4 is 11.5 Å². The van der Waals surface area contributed by atoms with E-state index in [1.807, 2.05) is 6.92 Å². The summed E-state index contributed by atoms with van der Waals surface area (Å²) in [7, 11) is 0. The predicted octanol–water partition coefficient (Wildman–Crippen LogP) is 7.13. The van der Waals surface area contributed by atoms with Gasteiger partial charge in [0.25, 0.3) is 5.97 Å². The maximum absolute atomic E-state index is 10.6. The highest BCUT2D eigenvalue weighted by molar-refractivity contribution is 5.73. The van der Waals surface area contributed by atoms with E-state index in [1.165, 1.54) is 96.3 Å². The molecule has 1 amide bonds. The van der Waals surface area contributed by atoms with Gasteiger partial charge >= 0.3 is 0 Å². The van der Waals surface area contributed by atoms with Crippen LogP contribution in [0.4, 0.5) is 0 Å². The van der Waals surface area contributed by atoms with Crippen molar-refractivity contribution in [3.05, 3.63) is 12.2 Å². The van der Waals surface area contributed by atoms with Gasteiger partial charge in [-0.15, -0.1) is 0 Å². The van der Waals surface area contributed by atoms with Crippen molar-refractivity contribution in [2.45, 2.75) is 136 Å². The number of rotatable bonds is 19. The lowest BCUT2D eigenvalue weighted by molar-refractivity contribution is -0.134. The third-order valence-electron chi connectivity index (χ3n) is 4.68. The number of unbranched alkanes of at least 4 members (excludes halogenated alkanes) is 15. The number of hydrogen-bond acceptors (Lipinski definition) is 3. The van der Waals surface area contributed by atoms with Crippen molar-refractivity contribution in [3.63, 3.8) is 0 Å². The number of amides is 1. The van der Waals surface area contributed by atoms with Crippen molar-refractivity contribution in [3.8, 4) is 0 Å². The third kappa shape index (κ3) is 52.7. The van der Waals surface area contributed by atoms with E-state index >= 15 is 0 Å². The standard InChI is InChI=1S/C22H43NO.C2H7N.C2H4O2/c1-2-3-4-5-6-7-8-9-10-11-12-13-14-15-16-17-18-19-20-21-22(23)24;1-2-3;1-2(3)4/h9-10H,2-8,11-21H2,1H3,(H2,23,24);2-3H2,1H3;1H3,(H,3,4)/b10-9-;;. The van der Waals surface area contributed by atoms with Crippen LogP contribution in [0.1, 0.15) is 136 Å². The number of allylic oxidation sites excluding steroid dienone is 2. The first kappa shape index (κ1) is 34.3. The van der Waals surface area contributed by atoms with E-state index in [2.05, 4.69) is 19.1 Å². The lowest BCUT2D eigenvalue weighted by Crippen LogP contribution is -2.09. The van der Waals surface area contributed by atoms with Gasteiger partial charge in [-0.2, -0.15) is 0 Å². The van der Waals surface area contributed by atoms with Crippen LogP contribution in [0.5, 0.6) is 0 Å². The van der Waals surface area contributed by atoms with Crippen LogP contribution in [0.15, 0.2) is 12.2 Å². The smallest absolute Gasteiger partial charge is 0.300 e. The Morgan fingerprint density at radius 2 is 0.968 bits per heavy atom. The maximum atomic E-state index is 10.6. The Kier molecular flexibility index (Phi) is 36.8. The average Bonchev–Trinajstić information content (AvgIpc) is 2.70. The molecule has 0 spiro atoms. The average molecular weight is 443 g/mol. The molecule has 0 saturated carbocycles. The summed E-state index contributed by atoms with van der Waals surface area (Å²) in [6, 6.07) is 0. The molecule has 0 atom stereocenters. The van der Waals surface area contributed by atoms with Gasteiger partial charge in [0.05, 0.1) is 0 Å². The minimum atomic E-state index is -0.833. The number of carbonyl (C=O) groups excluding carboxylic acids is 1. The molecule has 0 rings (SSSR count). The molecule has 186 valence electrons. The lowest BCUT2D eigenvalue weighted by Gasteiger charge is -2.01. The normalized spacial score (nSPS) is 10.2. The molecule has 5 nitrogen and oxygen atoms in total. The molecular weight excluding hydrogens is 388 g/mol. The fraction of sp³-hybridized carbons (Fsp3) is 0.846. The Bertz CT molecular complexity index is 381. The minimum Gasteiger partial charge on any atom is -0.481 e. The SMILES string of the molecule is CC(=O)O.CCCCCCCC/C=C\CCCCCCCCCCCC(N)=O.CCN. The number of carboxylic acids is 1. The number of primary amides is 1. The van der Waals surface area contributed by atoms with E-state index in [4.69, 9.17) is 21.4 Å². The number of carboxylic acid groups (broad SMARTS) is 1. The molecular formula is C26H54N2O3. The van der Waals surface area contributed by atoms with Gasteiger partial charge in [-0.25, -0.2) is 0 Å². The molecule has 5 N–H and O–H groups in total. The van der Waals surface area contributed by atoms with E-state index in [9.17, 15) is 4.79 Å². The van der Waals surface area contributed by atoms with Crippen LogP contribution in [0.2, 0.25) is 0 Å². The van der Waals surface area contributed by atoms with E-state index in [0.717, 1.165) is 26.3 Å². The molecule has 0 aromatic heterocycles. The first-order valence-electron chi connectivity index (χ1n) is 12.7. The van der Waals surface area contributed by atoms with E-state index in [1.54, 1.807) is 0 Å². The van der Waals surface area contributed by atoms with Crippen LogP contribution in [0.25, 0.3) is 0 Å². The van der Waals surface area contributed by atoms with Crippen molar-refractivity contribution in [1.29, 1.82) is 0 Å². The molecule has 0 aliphatic heterocycles. The summed E-state index contributed by atoms with van der Waals surface area (Å²) in [4.78, 5) is 19.6. The highest BCUT2D eigenvalue weighted by atomic mass is 16.4. The Balaban J connectivity index is -0.000000971. The van der Waals surface area contributed by atoms with E-state index in [0.29, 0.717) is 6.42 Å². The summed E-state index contributed by atoms with van der Waals surface area (Å²) in [5.74, 6) is -0.990. The second kappa shape index (κ2) is 33.3. The molecule has 0 aromatic rings. The van der Waals surface area contributed by atoms with Crippen LogP contribution in [-0.4, -0.2) is 23.5 Å². The zero-order valence-electron chi connectivity index (χ0n) is 21.0. The molecule has 0 bridgehead atoms. The maximum Gasteiger partial charge on any atom is 0.300 e. The minimum absolute atomic E-state index is 0.156. The third-order valence-corrected chi connectivity index (χ3v) is 4.68. The molecule has 0 aliphatic carbocycles. The van der Waals surface area contributed by atoms with Crippen molar-refractivity contribution in [2.24, 2.45) is 11.5 Å². The first-order chi connectivity index (χ1) is 14.9. The molecule has 0 unspecified atom stereocenters. The number of carbonyl (C=O) groups is 2. The molecule has 0 radical (unpaired) electrons. The van der Waals surface area contributed by atoms with E-state index < -0.39 is 5.97 Å². The fourth-order valence-corrected chi connectivity index (χ4v) is 3.08. The number of nitrogens with two attached hydrogens (primary N) is 2. The largest absolute Gasteiger partial charge is 0.481 e. The molecule has 0 aliphatic rings. The van der Waals surface area contributed by atoms with Gasteiger partial charge in [0.2, 0.25) is 5.91 Å². The quantitative estimate of drug-likeness (QED) is 0.146. The summed E-state index contributed by atoms with van der Waals surface area (Å²) >= 11 is 0. The second-order valence-electron chi connectivity index (χ2n) is 8.14. The summed E-state index contributed by atoms with van der Waals surface area (Å²) in [6.45, 7) is 6.01. The predicted molar refractivity (Wildman–Crippen MR) is 135 cm³/mol. The van der Waals surface area contributed by atoms with Crippen molar-refractivity contribution < 1.29 is 14.7 Å². The highest BCUT2D eigenvalue weighted by Gasteiger charge is 1.95. The number of hydrogen-bond donors (Lipinski definition) is 3. The van der Waals surface area contributed by atoms with Crippen molar-refractivity contribution in [1.82, 2.24) is 0 Å². The van der Waals surface area contributed by atoms with Crippen molar-refractivity contribution in [2.75, 3.05) is 6.54 Å². The summed E-state index contributed by atoms with van der Waals surface area (Å²) < 4.78 is 0. The number of aliphatic carboxylic acids is 1. The lowest BCUT2D eigenvalue weighted by atomic mass is 10.1. The van der Waals surface area contributed by atoms with Gasteiger partial charge in [0.1, 0.15) is 0 Å². The van der Waals surface area contributed by atoms with Crippen LogP contribution in [0, 0.1) is 0 Å². The Morgan fingerprint density at radius 1 is 0.677 bits per heavy atom. The summed E-state index contributed by atoms with van der Waals surface area (Å²) in [5, 5.41) is 7.42. The van der Waals surface area contributed by atoms with Gasteiger partial charge < -0.3 is 16.6 Å². The van der Waals surface area contributed by atoms with Gasteiger partial charge in [0, 0.05) is 13.3 Å². The molecule has 0 fully saturated rings. The molecule has 0 heterocycles. The monoisotopic (exact) mass is 442 g/mol. The topological polar surface area (TPSA) is 106 Å². The molecule has 0 saturated heterocycles. The summed E-state index contributed by atoms with van der Waals surface area (Å²) in [6.07, 6.45) is 27.8. The van der Waals surface area contributed by atoms with Crippen LogP contribution in [0.3, 0.4) is 0 Å². The Morgan fingerprint density at radius 3 is 1.29 bits per heavy atom. The van der Waals surface area contributed by atoms with E-state index in [-0.39, 0.29) is 5.91 Å². The molecule has 5 heteroatoms. The van der Waals surface area contributed by atoms with Gasteiger partial charge in [-0.1, -0.05) is 103 Å². The molecule has 31 heavy (non-hydrogen) atoms. The van der Waals surface area contributed by atoms with Crippen molar-refractivity contribution >= 4 is 11.9 Å². The zero-order valence-corrected chi connectivity index (χ0v) is 21.0. The molecule has 0 aromatic carbocycles.